The monoisotopic (exact) mass is 331 g/mol. The lowest BCUT2D eigenvalue weighted by Crippen LogP contribution is -2.38. The van der Waals surface area contributed by atoms with Gasteiger partial charge in [0.1, 0.15) is 11.6 Å². The van der Waals surface area contributed by atoms with E-state index in [1.165, 1.54) is 17.7 Å². The van der Waals surface area contributed by atoms with Crippen molar-refractivity contribution in [2.24, 2.45) is 0 Å². The van der Waals surface area contributed by atoms with Crippen molar-refractivity contribution in [3.8, 4) is 0 Å². The molecule has 1 atom stereocenters. The van der Waals surface area contributed by atoms with E-state index in [1.54, 1.807) is 17.0 Å². The normalized spacial score (nSPS) is 15.1. The molecule has 0 radical (unpaired) electrons. The Kier molecular flexibility index (Phi) is 4.86. The van der Waals surface area contributed by atoms with Crippen molar-refractivity contribution in [1.82, 2.24) is 4.90 Å². The van der Waals surface area contributed by atoms with Gasteiger partial charge in [0.05, 0.1) is 0 Å². The first kappa shape index (κ1) is 15.9. The summed E-state index contributed by atoms with van der Waals surface area (Å²) in [5.74, 6) is -0.264. The Morgan fingerprint density at radius 2 is 1.91 bits per heavy atom. The zero-order chi connectivity index (χ0) is 16.2. The lowest BCUT2D eigenvalue weighted by atomic mass is 10.00. The van der Waals surface area contributed by atoms with E-state index in [2.05, 4.69) is 6.07 Å². The molecule has 0 fully saturated rings. The van der Waals surface area contributed by atoms with E-state index in [9.17, 15) is 13.4 Å². The minimum Gasteiger partial charge on any atom is -0.337 e. The second-order valence-electron chi connectivity index (χ2n) is 5.69. The third kappa shape index (κ3) is 4.05. The molecule has 1 aliphatic heterocycles. The minimum absolute atomic E-state index is 0.0152. The predicted molar refractivity (Wildman–Crippen MR) is 88.7 cm³/mol. The van der Waals surface area contributed by atoms with E-state index in [-0.39, 0.29) is 23.2 Å². The summed E-state index contributed by atoms with van der Waals surface area (Å²) in [6.45, 7) is 1.24. The first-order valence-corrected chi connectivity index (χ1v) is 9.04. The van der Waals surface area contributed by atoms with Crippen LogP contribution >= 0.6 is 0 Å². The van der Waals surface area contributed by atoms with Crippen molar-refractivity contribution in [2.75, 3.05) is 12.3 Å². The molecule has 0 aliphatic carbocycles. The van der Waals surface area contributed by atoms with Crippen LogP contribution < -0.4 is 0 Å². The van der Waals surface area contributed by atoms with Crippen molar-refractivity contribution in [3.63, 3.8) is 0 Å². The van der Waals surface area contributed by atoms with Crippen molar-refractivity contribution >= 4 is 16.7 Å². The predicted octanol–water partition coefficient (Wildman–Crippen LogP) is 2.66. The number of carbonyl (C=O) groups is 1. The van der Waals surface area contributed by atoms with Crippen LogP contribution in [0, 0.1) is 5.82 Å². The third-order valence-corrected chi connectivity index (χ3v) is 5.21. The van der Waals surface area contributed by atoms with Crippen LogP contribution in [-0.2, 0) is 34.3 Å². The molecule has 0 unspecified atom stereocenters. The molecule has 120 valence electrons. The van der Waals surface area contributed by atoms with Gasteiger partial charge in [-0.05, 0) is 35.2 Å². The van der Waals surface area contributed by atoms with Gasteiger partial charge in [-0.2, -0.15) is 0 Å². The number of rotatable bonds is 4. The molecule has 0 saturated carbocycles. The Bertz CT molecular complexity index is 747. The summed E-state index contributed by atoms with van der Waals surface area (Å²) >= 11 is 0. The first-order valence-electron chi connectivity index (χ1n) is 7.56. The quantitative estimate of drug-likeness (QED) is 0.864. The lowest BCUT2D eigenvalue weighted by Gasteiger charge is -2.28. The minimum atomic E-state index is -1.33. The highest BCUT2D eigenvalue weighted by atomic mass is 32.2. The van der Waals surface area contributed by atoms with Crippen LogP contribution in [0.3, 0.4) is 0 Å². The van der Waals surface area contributed by atoms with Crippen molar-refractivity contribution in [3.05, 3.63) is 71.0 Å². The number of benzene rings is 2. The molecule has 23 heavy (non-hydrogen) atoms. The standard InChI is InChI=1S/C18H18FNO2S/c19-17-7-3-4-14(10-17)12-23(22)13-18(21)20-9-8-15-5-1-2-6-16(15)11-20/h1-7,10H,8-9,11-13H2/t23-/m1/s1. The molecule has 1 aliphatic rings. The van der Waals surface area contributed by atoms with E-state index >= 15 is 0 Å². The van der Waals surface area contributed by atoms with Crippen LogP contribution in [0.2, 0.25) is 0 Å². The van der Waals surface area contributed by atoms with Gasteiger partial charge in [0.15, 0.2) is 0 Å². The molecule has 0 aromatic heterocycles. The van der Waals surface area contributed by atoms with Gasteiger partial charge < -0.3 is 4.90 Å². The number of nitrogens with zero attached hydrogens (tertiary/aromatic N) is 1. The molecule has 2 aromatic carbocycles. The lowest BCUT2D eigenvalue weighted by molar-refractivity contribution is -0.129. The summed E-state index contributed by atoms with van der Waals surface area (Å²) in [6, 6.07) is 14.1. The Morgan fingerprint density at radius 3 is 2.70 bits per heavy atom. The average Bonchev–Trinajstić information content (AvgIpc) is 2.54. The highest BCUT2D eigenvalue weighted by molar-refractivity contribution is 7.84. The van der Waals surface area contributed by atoms with Crippen LogP contribution in [-0.4, -0.2) is 27.3 Å². The fraction of sp³-hybridized carbons (Fsp3) is 0.278. The largest absolute Gasteiger partial charge is 0.337 e. The van der Waals surface area contributed by atoms with Gasteiger partial charge in [0, 0.05) is 29.6 Å². The summed E-state index contributed by atoms with van der Waals surface area (Å²) in [4.78, 5) is 14.1. The fourth-order valence-corrected chi connectivity index (χ4v) is 3.91. The number of fused-ring (bicyclic) bond motifs is 1. The third-order valence-electron chi connectivity index (χ3n) is 3.98. The maximum Gasteiger partial charge on any atom is 0.235 e. The van der Waals surface area contributed by atoms with Crippen LogP contribution in [0.5, 0.6) is 0 Å². The van der Waals surface area contributed by atoms with Gasteiger partial charge in [-0.25, -0.2) is 4.39 Å². The number of hydrogen-bond donors (Lipinski definition) is 0. The van der Waals surface area contributed by atoms with Crippen LogP contribution in [0.1, 0.15) is 16.7 Å². The molecule has 0 saturated heterocycles. The number of halogens is 1. The topological polar surface area (TPSA) is 37.4 Å². The van der Waals surface area contributed by atoms with E-state index < -0.39 is 10.8 Å². The summed E-state index contributed by atoms with van der Waals surface area (Å²) in [7, 11) is -1.33. The highest BCUT2D eigenvalue weighted by Crippen LogP contribution is 2.18. The maximum atomic E-state index is 13.1. The molecule has 2 aromatic rings. The molecule has 1 amide bonds. The van der Waals surface area contributed by atoms with Crippen LogP contribution in [0.4, 0.5) is 4.39 Å². The Labute approximate surface area is 137 Å². The average molecular weight is 331 g/mol. The molecular formula is C18H18FNO2S. The van der Waals surface area contributed by atoms with E-state index in [1.807, 2.05) is 18.2 Å². The van der Waals surface area contributed by atoms with Crippen molar-refractivity contribution in [1.29, 1.82) is 0 Å². The van der Waals surface area contributed by atoms with Gasteiger partial charge in [0.25, 0.3) is 0 Å². The molecule has 3 rings (SSSR count). The zero-order valence-corrected chi connectivity index (χ0v) is 13.5. The van der Waals surface area contributed by atoms with Gasteiger partial charge in [-0.1, -0.05) is 36.4 Å². The second kappa shape index (κ2) is 7.04. The molecule has 1 heterocycles. The molecule has 5 heteroatoms. The van der Waals surface area contributed by atoms with Gasteiger partial charge in [-0.3, -0.25) is 9.00 Å². The number of amides is 1. The molecule has 0 bridgehead atoms. The van der Waals surface area contributed by atoms with Gasteiger partial charge in [-0.15, -0.1) is 0 Å². The maximum absolute atomic E-state index is 13.1. The smallest absolute Gasteiger partial charge is 0.235 e. The number of carbonyl (C=O) groups excluding carboxylic acids is 1. The van der Waals surface area contributed by atoms with Gasteiger partial charge >= 0.3 is 0 Å². The summed E-state index contributed by atoms with van der Waals surface area (Å²) in [6.07, 6.45) is 0.832. The molecule has 0 spiro atoms. The first-order chi connectivity index (χ1) is 11.1. The van der Waals surface area contributed by atoms with Crippen molar-refractivity contribution in [2.45, 2.75) is 18.7 Å². The zero-order valence-electron chi connectivity index (χ0n) is 12.7. The molecule has 0 N–H and O–H groups in total. The number of hydrogen-bond acceptors (Lipinski definition) is 2. The fourth-order valence-electron chi connectivity index (χ4n) is 2.80. The van der Waals surface area contributed by atoms with E-state index in [0.717, 1.165) is 12.0 Å². The van der Waals surface area contributed by atoms with Crippen LogP contribution in [0.15, 0.2) is 48.5 Å². The summed E-state index contributed by atoms with van der Waals surface area (Å²) < 4.78 is 25.3. The van der Waals surface area contributed by atoms with Crippen molar-refractivity contribution < 1.29 is 13.4 Å². The summed E-state index contributed by atoms with van der Waals surface area (Å²) in [5.41, 5.74) is 3.08. The Balaban J connectivity index is 1.58. The SMILES string of the molecule is O=C(C[S@](=O)Cc1cccc(F)c1)N1CCc2ccccc2C1. The highest BCUT2D eigenvalue weighted by Gasteiger charge is 2.21. The Hall–Kier alpha value is -2.01. The molecular weight excluding hydrogens is 313 g/mol. The van der Waals surface area contributed by atoms with Gasteiger partial charge in [0.2, 0.25) is 5.91 Å². The van der Waals surface area contributed by atoms with E-state index in [0.29, 0.717) is 18.7 Å². The Morgan fingerprint density at radius 1 is 1.13 bits per heavy atom. The second-order valence-corrected chi connectivity index (χ2v) is 7.15. The van der Waals surface area contributed by atoms with Crippen LogP contribution in [0.25, 0.3) is 0 Å². The summed E-state index contributed by atoms with van der Waals surface area (Å²) in [5, 5.41) is 0. The molecule has 3 nitrogen and oxygen atoms in total. The van der Waals surface area contributed by atoms with E-state index in [4.69, 9.17) is 0 Å².